The van der Waals surface area contributed by atoms with Crippen molar-refractivity contribution in [2.75, 3.05) is 0 Å². The number of carbonyl (C=O) groups excluding carboxylic acids is 1. The number of amides is 1. The average molecular weight is 383 g/mol. The molecule has 2 nitrogen and oxygen atoms in total. The number of benzene rings is 1. The van der Waals surface area contributed by atoms with Crippen molar-refractivity contribution < 1.29 is 4.79 Å². The molecule has 3 rings (SSSR count). The summed E-state index contributed by atoms with van der Waals surface area (Å²) in [5.41, 5.74) is 2.05. The highest BCUT2D eigenvalue weighted by Gasteiger charge is 2.22. The summed E-state index contributed by atoms with van der Waals surface area (Å²) in [5, 5.41) is 5.29. The summed E-state index contributed by atoms with van der Waals surface area (Å²) in [4.78, 5) is 13.7. The number of nitrogens with one attached hydrogen (secondary N) is 1. The van der Waals surface area contributed by atoms with Crippen LogP contribution in [0.2, 0.25) is 0 Å². The van der Waals surface area contributed by atoms with Gasteiger partial charge in [-0.05, 0) is 83.1 Å². The Bertz CT molecular complexity index is 590. The van der Waals surface area contributed by atoms with Crippen molar-refractivity contribution >= 4 is 39.8 Å². The fraction of sp³-hybridized carbons (Fsp3) is 0.267. The van der Waals surface area contributed by atoms with Crippen LogP contribution in [0.1, 0.15) is 39.7 Å². The van der Waals surface area contributed by atoms with Crippen molar-refractivity contribution in [1.29, 1.82) is 0 Å². The fourth-order valence-electron chi connectivity index (χ4n) is 2.48. The summed E-state index contributed by atoms with van der Waals surface area (Å²) in [5.74, 6) is 0.0282. The van der Waals surface area contributed by atoms with Crippen LogP contribution in [0.25, 0.3) is 0 Å². The van der Waals surface area contributed by atoms with Crippen LogP contribution in [0.4, 0.5) is 0 Å². The minimum absolute atomic E-state index is 0.0282. The van der Waals surface area contributed by atoms with Gasteiger partial charge in [-0.15, -0.1) is 11.3 Å². The number of fused-ring (bicyclic) bond motifs is 1. The van der Waals surface area contributed by atoms with E-state index in [-0.39, 0.29) is 11.9 Å². The highest BCUT2D eigenvalue weighted by Crippen LogP contribution is 2.33. The summed E-state index contributed by atoms with van der Waals surface area (Å²) in [7, 11) is 0. The third-order valence-corrected chi connectivity index (χ3v) is 5.18. The van der Waals surface area contributed by atoms with Crippen molar-refractivity contribution in [3.05, 3.63) is 55.3 Å². The molecule has 1 unspecified atom stereocenters. The lowest BCUT2D eigenvalue weighted by atomic mass is 9.94. The van der Waals surface area contributed by atoms with Crippen LogP contribution in [0.5, 0.6) is 0 Å². The monoisotopic (exact) mass is 383 g/mol. The third kappa shape index (κ3) is 2.84. The standard InChI is InChI=1S/C15H14INOS/c16-11-6-4-10(5-7-11)15(18)17-13-2-1-3-14-12(13)8-9-19-14/h4-9,13H,1-3H2,(H,17,18). The molecule has 0 spiro atoms. The van der Waals surface area contributed by atoms with Gasteiger partial charge in [0.2, 0.25) is 0 Å². The van der Waals surface area contributed by atoms with Gasteiger partial charge in [-0.2, -0.15) is 0 Å². The Morgan fingerprint density at radius 3 is 2.84 bits per heavy atom. The molecule has 1 aromatic carbocycles. The first-order valence-electron chi connectivity index (χ1n) is 6.37. The van der Waals surface area contributed by atoms with Crippen LogP contribution in [-0.2, 0) is 6.42 Å². The molecule has 1 aliphatic rings. The first kappa shape index (κ1) is 13.1. The first-order chi connectivity index (χ1) is 9.24. The Morgan fingerprint density at radius 2 is 2.05 bits per heavy atom. The van der Waals surface area contributed by atoms with Crippen LogP contribution in [0.3, 0.4) is 0 Å². The molecule has 1 aromatic heterocycles. The van der Waals surface area contributed by atoms with Crippen LogP contribution in [0.15, 0.2) is 35.7 Å². The molecule has 1 aliphatic carbocycles. The summed E-state index contributed by atoms with van der Waals surface area (Å²) in [6.45, 7) is 0. The minimum atomic E-state index is 0.0282. The van der Waals surface area contributed by atoms with Gasteiger partial charge in [0.25, 0.3) is 5.91 Å². The van der Waals surface area contributed by atoms with Crippen molar-refractivity contribution in [2.45, 2.75) is 25.3 Å². The molecule has 0 aliphatic heterocycles. The summed E-state index contributed by atoms with van der Waals surface area (Å²) in [6, 6.07) is 10.0. The Morgan fingerprint density at radius 1 is 1.26 bits per heavy atom. The number of halogens is 1. The van der Waals surface area contributed by atoms with Gasteiger partial charge >= 0.3 is 0 Å². The molecule has 0 radical (unpaired) electrons. The molecule has 1 amide bonds. The zero-order valence-electron chi connectivity index (χ0n) is 10.4. The van der Waals surface area contributed by atoms with Gasteiger partial charge in [0, 0.05) is 14.0 Å². The van der Waals surface area contributed by atoms with Gasteiger partial charge in [-0.1, -0.05) is 0 Å². The number of thiophene rings is 1. The molecular formula is C15H14INOS. The van der Waals surface area contributed by atoms with E-state index < -0.39 is 0 Å². The quantitative estimate of drug-likeness (QED) is 0.776. The molecule has 19 heavy (non-hydrogen) atoms. The lowest BCUT2D eigenvalue weighted by Crippen LogP contribution is -2.30. The van der Waals surface area contributed by atoms with Gasteiger partial charge in [0.15, 0.2) is 0 Å². The normalized spacial score (nSPS) is 17.8. The van der Waals surface area contributed by atoms with Crippen LogP contribution >= 0.6 is 33.9 Å². The lowest BCUT2D eigenvalue weighted by Gasteiger charge is -2.23. The molecule has 4 heteroatoms. The van der Waals surface area contributed by atoms with Crippen LogP contribution < -0.4 is 5.32 Å². The van der Waals surface area contributed by atoms with E-state index in [9.17, 15) is 4.79 Å². The Labute approximate surface area is 130 Å². The van der Waals surface area contributed by atoms with E-state index in [1.807, 2.05) is 24.3 Å². The molecule has 0 fully saturated rings. The molecule has 1 N–H and O–H groups in total. The molecule has 0 saturated carbocycles. The average Bonchev–Trinajstić information content (AvgIpc) is 2.89. The molecular weight excluding hydrogens is 369 g/mol. The van der Waals surface area contributed by atoms with Gasteiger partial charge in [0.1, 0.15) is 0 Å². The van der Waals surface area contributed by atoms with Crippen LogP contribution in [-0.4, -0.2) is 5.91 Å². The summed E-state index contributed by atoms with van der Waals surface area (Å²) >= 11 is 4.05. The highest BCUT2D eigenvalue weighted by atomic mass is 127. The van der Waals surface area contributed by atoms with Gasteiger partial charge in [0.05, 0.1) is 6.04 Å². The number of carbonyl (C=O) groups is 1. The maximum Gasteiger partial charge on any atom is 0.251 e. The van der Waals surface area contributed by atoms with E-state index in [2.05, 4.69) is 39.4 Å². The second kappa shape index (κ2) is 5.63. The predicted octanol–water partition coefficient (Wildman–Crippen LogP) is 4.16. The number of hydrogen-bond acceptors (Lipinski definition) is 2. The maximum atomic E-state index is 12.2. The van der Waals surface area contributed by atoms with Crippen molar-refractivity contribution in [2.24, 2.45) is 0 Å². The predicted molar refractivity (Wildman–Crippen MR) is 86.6 cm³/mol. The molecule has 1 heterocycles. The maximum absolute atomic E-state index is 12.2. The number of hydrogen-bond donors (Lipinski definition) is 1. The van der Waals surface area contributed by atoms with E-state index in [1.165, 1.54) is 10.4 Å². The lowest BCUT2D eigenvalue weighted by molar-refractivity contribution is 0.0933. The second-order valence-electron chi connectivity index (χ2n) is 4.72. The Kier molecular flexibility index (Phi) is 3.88. The zero-order chi connectivity index (χ0) is 13.2. The van der Waals surface area contributed by atoms with Gasteiger partial charge in [-0.25, -0.2) is 0 Å². The largest absolute Gasteiger partial charge is 0.345 e. The molecule has 1 atom stereocenters. The topological polar surface area (TPSA) is 29.1 Å². The van der Waals surface area contributed by atoms with E-state index in [1.54, 1.807) is 11.3 Å². The minimum Gasteiger partial charge on any atom is -0.345 e. The highest BCUT2D eigenvalue weighted by molar-refractivity contribution is 14.1. The SMILES string of the molecule is O=C(NC1CCCc2sccc21)c1ccc(I)cc1. The smallest absolute Gasteiger partial charge is 0.251 e. The zero-order valence-corrected chi connectivity index (χ0v) is 13.3. The van der Waals surface area contributed by atoms with Gasteiger partial charge < -0.3 is 5.32 Å². The second-order valence-corrected chi connectivity index (χ2v) is 6.97. The van der Waals surface area contributed by atoms with Gasteiger partial charge in [-0.3, -0.25) is 4.79 Å². The molecule has 0 saturated heterocycles. The molecule has 0 bridgehead atoms. The first-order valence-corrected chi connectivity index (χ1v) is 8.32. The molecule has 2 aromatic rings. The number of rotatable bonds is 2. The number of aryl methyl sites for hydroxylation is 1. The summed E-state index contributed by atoms with van der Waals surface area (Å²) < 4.78 is 1.15. The van der Waals surface area contributed by atoms with E-state index in [0.29, 0.717) is 0 Å². The Hall–Kier alpha value is -0.880. The molecule has 98 valence electrons. The Balaban J connectivity index is 1.76. The van der Waals surface area contributed by atoms with Crippen molar-refractivity contribution in [3.8, 4) is 0 Å². The fourth-order valence-corrected chi connectivity index (χ4v) is 3.83. The van der Waals surface area contributed by atoms with E-state index >= 15 is 0 Å². The van der Waals surface area contributed by atoms with Crippen LogP contribution in [0, 0.1) is 3.57 Å². The third-order valence-electron chi connectivity index (χ3n) is 3.46. The van der Waals surface area contributed by atoms with Crippen molar-refractivity contribution in [1.82, 2.24) is 5.32 Å². The summed E-state index contributed by atoms with van der Waals surface area (Å²) in [6.07, 6.45) is 3.36. The van der Waals surface area contributed by atoms with E-state index in [4.69, 9.17) is 0 Å². The van der Waals surface area contributed by atoms with E-state index in [0.717, 1.165) is 28.4 Å². The van der Waals surface area contributed by atoms with Crippen molar-refractivity contribution in [3.63, 3.8) is 0 Å².